The van der Waals surface area contributed by atoms with E-state index in [1.165, 1.54) is 0 Å². The van der Waals surface area contributed by atoms with E-state index >= 15 is 0 Å². The van der Waals surface area contributed by atoms with E-state index in [9.17, 15) is 4.39 Å². The lowest BCUT2D eigenvalue weighted by Crippen LogP contribution is -2.06. The molecule has 0 saturated carbocycles. The Morgan fingerprint density at radius 3 is 2.71 bits per heavy atom. The number of nitrogens with one attached hydrogen (secondary N) is 1. The molecule has 108 valence electrons. The third-order valence-electron chi connectivity index (χ3n) is 3.16. The minimum absolute atomic E-state index is 0.150. The lowest BCUT2D eigenvalue weighted by molar-refractivity contribution is 0.537. The van der Waals surface area contributed by atoms with Gasteiger partial charge < -0.3 is 9.88 Å². The Morgan fingerprint density at radius 2 is 2.00 bits per heavy atom. The number of aromatic nitrogens is 5. The molecule has 0 radical (unpaired) electrons. The molecule has 3 aromatic heterocycles. The average Bonchev–Trinajstić information content (AvgIpc) is 2.89. The van der Waals surface area contributed by atoms with E-state index in [4.69, 9.17) is 0 Å². The highest BCUT2D eigenvalue weighted by molar-refractivity contribution is 5.82. The number of anilines is 1. The van der Waals surface area contributed by atoms with Gasteiger partial charge in [0, 0.05) is 25.0 Å². The topological polar surface area (TPSA) is 68.5 Å². The van der Waals surface area contributed by atoms with Crippen LogP contribution in [-0.2, 0) is 6.54 Å². The van der Waals surface area contributed by atoms with E-state index in [1.54, 1.807) is 18.7 Å². The molecule has 1 N–H and O–H groups in total. The number of fused-ring (bicyclic) bond motifs is 1. The molecule has 3 heterocycles. The first kappa shape index (κ1) is 13.4. The molecule has 0 unspecified atom stereocenters. The van der Waals surface area contributed by atoms with Crippen molar-refractivity contribution >= 4 is 17.0 Å². The van der Waals surface area contributed by atoms with Crippen LogP contribution in [-0.4, -0.2) is 24.5 Å². The minimum Gasteiger partial charge on any atom is -0.364 e. The van der Waals surface area contributed by atoms with Gasteiger partial charge in [-0.2, -0.15) is 14.4 Å². The van der Waals surface area contributed by atoms with Gasteiger partial charge in [0.05, 0.1) is 6.33 Å². The van der Waals surface area contributed by atoms with Crippen LogP contribution in [0.25, 0.3) is 11.2 Å². The zero-order valence-corrected chi connectivity index (χ0v) is 11.8. The summed E-state index contributed by atoms with van der Waals surface area (Å²) in [6.45, 7) is 4.50. The minimum atomic E-state index is -0.762. The van der Waals surface area contributed by atoms with Crippen LogP contribution in [0.5, 0.6) is 0 Å². The fourth-order valence-corrected chi connectivity index (χ4v) is 2.08. The van der Waals surface area contributed by atoms with Crippen molar-refractivity contribution in [3.63, 3.8) is 0 Å². The maximum absolute atomic E-state index is 13.6. The number of hydrogen-bond donors (Lipinski definition) is 1. The van der Waals surface area contributed by atoms with Crippen molar-refractivity contribution in [3.8, 4) is 0 Å². The predicted molar refractivity (Wildman–Crippen MR) is 77.2 cm³/mol. The van der Waals surface area contributed by atoms with Crippen molar-refractivity contribution < 1.29 is 4.39 Å². The maximum atomic E-state index is 13.6. The van der Waals surface area contributed by atoms with Gasteiger partial charge in [0.15, 0.2) is 17.0 Å². The van der Waals surface area contributed by atoms with E-state index in [1.807, 2.05) is 30.5 Å². The molecule has 0 saturated heterocycles. The van der Waals surface area contributed by atoms with Crippen LogP contribution in [0.1, 0.15) is 25.5 Å². The molecule has 3 rings (SSSR count). The van der Waals surface area contributed by atoms with Gasteiger partial charge in [-0.1, -0.05) is 0 Å². The maximum Gasteiger partial charge on any atom is 0.312 e. The predicted octanol–water partition coefficient (Wildman–Crippen LogP) is 2.55. The fourth-order valence-electron chi connectivity index (χ4n) is 2.08. The molecular formula is C14H15FN6. The molecule has 0 aliphatic carbocycles. The summed E-state index contributed by atoms with van der Waals surface area (Å²) >= 11 is 0. The number of halogens is 1. The fraction of sp³-hybridized carbons (Fsp3) is 0.286. The van der Waals surface area contributed by atoms with Crippen LogP contribution in [0.15, 0.2) is 30.9 Å². The van der Waals surface area contributed by atoms with Gasteiger partial charge in [0.25, 0.3) is 0 Å². The molecule has 0 atom stereocenters. The van der Waals surface area contributed by atoms with E-state index in [-0.39, 0.29) is 6.04 Å². The highest BCUT2D eigenvalue weighted by atomic mass is 19.1. The molecule has 0 aliphatic rings. The number of hydrogen-bond acceptors (Lipinski definition) is 5. The summed E-state index contributed by atoms with van der Waals surface area (Å²) in [5, 5.41) is 3.10. The van der Waals surface area contributed by atoms with E-state index < -0.39 is 6.08 Å². The standard InChI is InChI=1S/C14H15FN6/c1-9(2)21-8-18-11-12(19-14(15)20-13(11)21)17-7-10-3-5-16-6-4-10/h3-6,8-9H,7H2,1-2H3,(H,17,19,20). The Labute approximate surface area is 121 Å². The summed E-state index contributed by atoms with van der Waals surface area (Å²) in [5.74, 6) is 0.397. The zero-order chi connectivity index (χ0) is 14.8. The van der Waals surface area contributed by atoms with Crippen molar-refractivity contribution in [2.75, 3.05) is 5.32 Å². The average molecular weight is 286 g/mol. The van der Waals surface area contributed by atoms with Crippen molar-refractivity contribution in [1.29, 1.82) is 0 Å². The third-order valence-corrected chi connectivity index (χ3v) is 3.16. The highest BCUT2D eigenvalue weighted by Crippen LogP contribution is 2.21. The van der Waals surface area contributed by atoms with Gasteiger partial charge in [-0.05, 0) is 31.5 Å². The number of pyridine rings is 1. The number of nitrogens with zero attached hydrogens (tertiary/aromatic N) is 5. The summed E-state index contributed by atoms with van der Waals surface area (Å²) in [7, 11) is 0. The SMILES string of the molecule is CC(C)n1cnc2c(NCc3ccncc3)nc(F)nc21. The first-order chi connectivity index (χ1) is 10.1. The second-order valence-electron chi connectivity index (χ2n) is 4.97. The van der Waals surface area contributed by atoms with Crippen molar-refractivity contribution in [1.82, 2.24) is 24.5 Å². The van der Waals surface area contributed by atoms with Gasteiger partial charge in [-0.15, -0.1) is 0 Å². The van der Waals surface area contributed by atoms with E-state index in [0.29, 0.717) is 23.5 Å². The summed E-state index contributed by atoms with van der Waals surface area (Å²) in [6.07, 6.45) is 4.31. The molecule has 7 heteroatoms. The first-order valence-electron chi connectivity index (χ1n) is 6.68. The summed E-state index contributed by atoms with van der Waals surface area (Å²) in [5.41, 5.74) is 2.09. The van der Waals surface area contributed by atoms with Crippen LogP contribution in [0.3, 0.4) is 0 Å². The van der Waals surface area contributed by atoms with Crippen LogP contribution in [0, 0.1) is 6.08 Å². The Bertz CT molecular complexity index is 753. The lowest BCUT2D eigenvalue weighted by atomic mass is 10.3. The molecule has 0 amide bonds. The Morgan fingerprint density at radius 1 is 1.24 bits per heavy atom. The van der Waals surface area contributed by atoms with Gasteiger partial charge in [0.2, 0.25) is 0 Å². The molecule has 0 aromatic carbocycles. The van der Waals surface area contributed by atoms with E-state index in [2.05, 4.69) is 25.3 Å². The largest absolute Gasteiger partial charge is 0.364 e. The normalized spacial score (nSPS) is 11.2. The van der Waals surface area contributed by atoms with Crippen molar-refractivity contribution in [2.45, 2.75) is 26.4 Å². The first-order valence-corrected chi connectivity index (χ1v) is 6.68. The molecule has 0 bridgehead atoms. The number of rotatable bonds is 4. The lowest BCUT2D eigenvalue weighted by Gasteiger charge is -2.09. The monoisotopic (exact) mass is 286 g/mol. The third kappa shape index (κ3) is 2.67. The molecular weight excluding hydrogens is 271 g/mol. The molecule has 3 aromatic rings. The van der Waals surface area contributed by atoms with Crippen LogP contribution < -0.4 is 5.32 Å². The molecule has 0 aliphatic heterocycles. The summed E-state index contributed by atoms with van der Waals surface area (Å²) in [6, 6.07) is 3.92. The van der Waals surface area contributed by atoms with Crippen LogP contribution in [0.4, 0.5) is 10.2 Å². The van der Waals surface area contributed by atoms with Crippen molar-refractivity contribution in [2.24, 2.45) is 0 Å². The second-order valence-corrected chi connectivity index (χ2v) is 4.97. The van der Waals surface area contributed by atoms with Crippen LogP contribution in [0.2, 0.25) is 0 Å². The van der Waals surface area contributed by atoms with Crippen molar-refractivity contribution in [3.05, 3.63) is 42.5 Å². The van der Waals surface area contributed by atoms with Crippen LogP contribution >= 0.6 is 0 Å². The summed E-state index contributed by atoms with van der Waals surface area (Å²) < 4.78 is 15.4. The Balaban J connectivity index is 1.95. The summed E-state index contributed by atoms with van der Waals surface area (Å²) in [4.78, 5) is 15.9. The van der Waals surface area contributed by atoms with E-state index in [0.717, 1.165) is 5.56 Å². The molecule has 6 nitrogen and oxygen atoms in total. The quantitative estimate of drug-likeness (QED) is 0.746. The molecule has 0 spiro atoms. The van der Waals surface area contributed by atoms with Gasteiger partial charge in [-0.25, -0.2) is 4.98 Å². The van der Waals surface area contributed by atoms with Gasteiger partial charge >= 0.3 is 6.08 Å². The molecule has 0 fully saturated rings. The van der Waals surface area contributed by atoms with Gasteiger partial charge in [-0.3, -0.25) is 4.98 Å². The molecule has 21 heavy (non-hydrogen) atoms. The Hall–Kier alpha value is -2.57. The highest BCUT2D eigenvalue weighted by Gasteiger charge is 2.14. The zero-order valence-electron chi connectivity index (χ0n) is 11.8. The second kappa shape index (κ2) is 5.43. The smallest absolute Gasteiger partial charge is 0.312 e. The Kier molecular flexibility index (Phi) is 3.47. The van der Waals surface area contributed by atoms with Gasteiger partial charge in [0.1, 0.15) is 0 Å². The number of imidazole rings is 1.